The Balaban J connectivity index is 3.14. The lowest BCUT2D eigenvalue weighted by Crippen LogP contribution is -2.67. The van der Waals surface area contributed by atoms with Crippen molar-refractivity contribution in [3.63, 3.8) is 0 Å². The van der Waals surface area contributed by atoms with Crippen LogP contribution in [0.5, 0.6) is 0 Å². The second-order valence-electron chi connectivity index (χ2n) is 30.5. The van der Waals surface area contributed by atoms with Gasteiger partial charge in [-0.25, -0.2) is 18.5 Å². The quantitative estimate of drug-likeness (QED) is 0.0194. The Morgan fingerprint density at radius 1 is 0.377 bits per heavy atom. The van der Waals surface area contributed by atoms with Crippen molar-refractivity contribution in [1.82, 2.24) is 5.32 Å². The van der Waals surface area contributed by atoms with Crippen LogP contribution in [0.2, 0.25) is 0 Å². The molecule has 28 nitrogen and oxygen atoms in total. The molecule has 0 unspecified atom stereocenters. The number of amides is 1. The molecule has 2 saturated heterocycles. The van der Waals surface area contributed by atoms with Gasteiger partial charge in [0.15, 0.2) is 18.7 Å². The number of allylic oxidation sites excluding steroid dienone is 2. The molecule has 0 aliphatic carbocycles. The number of unbranched alkanes of at least 4 members (excludes halogenated alkanes) is 30. The van der Waals surface area contributed by atoms with Gasteiger partial charge >= 0.3 is 35.6 Å². The number of phosphoric ester groups is 3. The first kappa shape index (κ1) is 114. The molecule has 1 N–H and O–H groups in total. The summed E-state index contributed by atoms with van der Waals surface area (Å²) in [7, 11) is -11.8. The van der Waals surface area contributed by atoms with E-state index in [2.05, 4.69) is 91.2 Å². The van der Waals surface area contributed by atoms with Crippen LogP contribution in [0.15, 0.2) is 101 Å². The highest BCUT2D eigenvalue weighted by Crippen LogP contribution is 2.54. The van der Waals surface area contributed by atoms with Crippen molar-refractivity contribution in [1.29, 1.82) is 0 Å². The maximum absolute atomic E-state index is 15.1. The molecule has 122 heavy (non-hydrogen) atoms. The Bertz CT molecular complexity index is 2880. The molecular formula is C91H160NO27P3. The van der Waals surface area contributed by atoms with Crippen molar-refractivity contribution < 1.29 is 126 Å². The van der Waals surface area contributed by atoms with Gasteiger partial charge in [-0.15, -0.1) is 39.5 Å². The maximum atomic E-state index is 15.1. The number of ether oxygens (including phenoxy) is 11. The van der Waals surface area contributed by atoms with Gasteiger partial charge < -0.3 is 57.4 Å². The van der Waals surface area contributed by atoms with Gasteiger partial charge in [0.25, 0.3) is 0 Å². The van der Waals surface area contributed by atoms with E-state index in [1.54, 1.807) is 7.11 Å². The van der Waals surface area contributed by atoms with Gasteiger partial charge in [-0.05, 0) is 57.8 Å². The number of carbonyl (C=O) groups excluding carboxylic acids is 4. The molecule has 0 aromatic rings. The number of phosphoric acid groups is 3. The fraction of sp³-hybridized carbons (Fsp3) is 0.780. The van der Waals surface area contributed by atoms with Gasteiger partial charge in [0.05, 0.1) is 85.2 Å². The lowest BCUT2D eigenvalue weighted by atomic mass is 9.95. The molecule has 2 aliphatic heterocycles. The summed E-state index contributed by atoms with van der Waals surface area (Å²) >= 11 is 0. The molecule has 0 spiro atoms. The van der Waals surface area contributed by atoms with Crippen LogP contribution in [0.3, 0.4) is 0 Å². The van der Waals surface area contributed by atoms with Crippen LogP contribution in [0.1, 0.15) is 285 Å². The summed E-state index contributed by atoms with van der Waals surface area (Å²) in [6.07, 6.45) is 34.6. The van der Waals surface area contributed by atoms with Crippen LogP contribution in [0, 0.1) is 0 Å². The molecule has 2 rings (SSSR count). The highest BCUT2D eigenvalue weighted by Gasteiger charge is 2.55. The zero-order valence-electron chi connectivity index (χ0n) is 75.3. The van der Waals surface area contributed by atoms with Crippen molar-refractivity contribution in [2.24, 2.45) is 0 Å². The molecule has 31 heteroatoms. The first-order valence-electron chi connectivity index (χ1n) is 45.6. The van der Waals surface area contributed by atoms with E-state index in [-0.39, 0.29) is 90.8 Å². The molecule has 0 bridgehead atoms. The highest BCUT2D eigenvalue weighted by atomic mass is 31.2. The van der Waals surface area contributed by atoms with Crippen molar-refractivity contribution >= 4 is 47.3 Å². The number of methoxy groups -OCH3 is 1. The summed E-state index contributed by atoms with van der Waals surface area (Å²) in [6, 6.07) is -1.33. The molecule has 2 aliphatic rings. The summed E-state index contributed by atoms with van der Waals surface area (Å²) in [5, 5.41) is 3.03. The average Bonchev–Trinajstić information content (AvgIpc) is 0.776. The number of hydrogen-bond acceptors (Lipinski definition) is 27. The Morgan fingerprint density at radius 3 is 1.30 bits per heavy atom. The second-order valence-corrected chi connectivity index (χ2v) is 35.5. The lowest BCUT2D eigenvalue weighted by Gasteiger charge is -2.48. The summed E-state index contributed by atoms with van der Waals surface area (Å²) in [6.45, 7) is 29.8. The van der Waals surface area contributed by atoms with E-state index in [0.717, 1.165) is 161 Å². The standard InChI is InChI=1S/C91H160NO27P3/c1-13-24-28-32-35-38-39-40-41-42-43-45-47-51-55-59-82(95)118-88-87(102-69-60-78(100-12)58-54-49-31-27-16-4)85(119-122(99,112-66-22-10)113-67-23-11)80(76-107-91(96)105-61-17-5)117-90(88)106-75-79-84(103-70-72-114-120(97,108-62-18-6)109-63-19-7)86(101-68-56-52-48-37-34-30-26-15-3)83(89(116-79)104-71-73-115-121(98,110-64-20-8)111-65-21-9)92-81(94)74-77(93)57-53-50-46-44-36-33-29-25-14-2/h17-23,38-39,78-80,83-90H,5-11,13-16,24-37,40-76H2,1-4,12H3,(H,92,94)/b39-38-/t78-,79+,80+,83-,84+,85+,86+,87-,88+,89-,90+/m0/s1. The first-order chi connectivity index (χ1) is 59.3. The Morgan fingerprint density at radius 2 is 0.795 bits per heavy atom. The molecule has 0 aromatic heterocycles. The van der Waals surface area contributed by atoms with Crippen LogP contribution in [0.4, 0.5) is 4.79 Å². The number of carbonyl (C=O) groups is 4. The first-order valence-corrected chi connectivity index (χ1v) is 50.0. The zero-order chi connectivity index (χ0) is 89.3. The van der Waals surface area contributed by atoms with E-state index < -0.39 is 142 Å². The molecule has 706 valence electrons. The normalized spacial score (nSPS) is 19.7. The smallest absolute Gasteiger partial charge is 0.454 e. The van der Waals surface area contributed by atoms with E-state index in [9.17, 15) is 28.3 Å². The van der Waals surface area contributed by atoms with Gasteiger partial charge in [-0.3, -0.25) is 55.1 Å². The van der Waals surface area contributed by atoms with Gasteiger partial charge in [-0.1, -0.05) is 269 Å². The predicted molar refractivity (Wildman–Crippen MR) is 477 cm³/mol. The minimum absolute atomic E-state index is 0.0674. The minimum atomic E-state index is -4.76. The Kier molecular flexibility index (Phi) is 70.7. The SMILES string of the molecule is C=CCOC(=O)OC[C@H]1O[C@@H](OC[C@H]2O[C@H](OCCOP(=O)(OCC=C)OCC=C)[C@@H](NC(=O)CC(=O)CCCCCCCCCCC)[C@@H](OCCCCCCCCCC)[C@@H]2OCCOP(=O)(OCC=C)OCC=C)[C@H](OC(=O)CCCCCCCCC/C=C\CCCCCC)[C@@H](OCC[C@H](CCCCCCC)OC)[C@@H]1OP(=O)(OCC=C)OCC=C. The van der Waals surface area contributed by atoms with Crippen molar-refractivity contribution in [2.75, 3.05) is 106 Å². The third-order valence-corrected chi connectivity index (χ3v) is 24.4. The van der Waals surface area contributed by atoms with Gasteiger partial charge in [0, 0.05) is 33.2 Å². The summed E-state index contributed by atoms with van der Waals surface area (Å²) < 4.78 is 167. The molecule has 0 radical (unpaired) electrons. The van der Waals surface area contributed by atoms with E-state index >= 15 is 4.57 Å². The predicted octanol–water partition coefficient (Wildman–Crippen LogP) is 22.1. The van der Waals surface area contributed by atoms with E-state index in [0.29, 0.717) is 38.5 Å². The van der Waals surface area contributed by atoms with Crippen molar-refractivity contribution in [2.45, 2.75) is 352 Å². The largest absolute Gasteiger partial charge is 0.508 e. The number of nitrogens with one attached hydrogen (secondary N) is 1. The summed E-state index contributed by atoms with van der Waals surface area (Å²) in [5.74, 6) is -1.68. The molecular weight excluding hydrogens is 1630 g/mol. The average molecular weight is 1790 g/mol. The Labute approximate surface area is 733 Å². The third-order valence-electron chi connectivity index (χ3n) is 20.1. The molecule has 2 fully saturated rings. The van der Waals surface area contributed by atoms with Crippen LogP contribution < -0.4 is 5.32 Å². The second kappa shape index (κ2) is 75.8. The third kappa shape index (κ3) is 54.9. The number of rotatable bonds is 87. The van der Waals surface area contributed by atoms with Crippen LogP contribution in [0.25, 0.3) is 0 Å². The fourth-order valence-corrected chi connectivity index (χ4v) is 17.2. The fourth-order valence-electron chi connectivity index (χ4n) is 13.6. The molecule has 2 heterocycles. The number of ketones is 1. The molecule has 1 amide bonds. The minimum Gasteiger partial charge on any atom is -0.454 e. The van der Waals surface area contributed by atoms with Gasteiger partial charge in [-0.2, -0.15) is 0 Å². The van der Waals surface area contributed by atoms with Gasteiger partial charge in [0.1, 0.15) is 61.7 Å². The van der Waals surface area contributed by atoms with Crippen molar-refractivity contribution in [3.8, 4) is 0 Å². The van der Waals surface area contributed by atoms with Crippen molar-refractivity contribution in [3.05, 3.63) is 101 Å². The zero-order valence-corrected chi connectivity index (χ0v) is 77.9. The topological polar surface area (TPSA) is 316 Å². The highest BCUT2D eigenvalue weighted by molar-refractivity contribution is 7.49. The molecule has 11 atom stereocenters. The molecule has 0 saturated carbocycles. The summed E-state index contributed by atoms with van der Waals surface area (Å²) in [4.78, 5) is 57.1. The number of hydrogen-bond donors (Lipinski definition) is 1. The van der Waals surface area contributed by atoms with Crippen LogP contribution >= 0.6 is 23.5 Å². The summed E-state index contributed by atoms with van der Waals surface area (Å²) in [5.41, 5.74) is 0. The van der Waals surface area contributed by atoms with Gasteiger partial charge in [0.2, 0.25) is 5.91 Å². The van der Waals surface area contributed by atoms with Crippen LogP contribution in [-0.4, -0.2) is 197 Å². The lowest BCUT2D eigenvalue weighted by molar-refractivity contribution is -0.329. The monoisotopic (exact) mass is 1790 g/mol. The number of esters is 1. The van der Waals surface area contributed by atoms with Crippen LogP contribution in [-0.2, 0) is 121 Å². The van der Waals surface area contributed by atoms with E-state index in [1.807, 2.05) is 0 Å². The molecule has 0 aromatic carbocycles. The maximum Gasteiger partial charge on any atom is 0.508 e. The van der Waals surface area contributed by atoms with E-state index in [4.69, 9.17) is 92.8 Å². The van der Waals surface area contributed by atoms with E-state index in [1.165, 1.54) is 81.1 Å². The number of Topliss-reactive ketones (excluding diaryl/α,β-unsaturated/α-hetero) is 1. The Hall–Kier alpha value is -4.19.